The fourth-order valence-corrected chi connectivity index (χ4v) is 1.89. The summed E-state index contributed by atoms with van der Waals surface area (Å²) in [4.78, 5) is 0. The van der Waals surface area contributed by atoms with Gasteiger partial charge in [0, 0.05) is 4.47 Å². The molecule has 1 rings (SSSR count). The minimum Gasteiger partial charge on any atom is -0.205 e. The highest BCUT2D eigenvalue weighted by atomic mass is 79.9. The molecule has 0 saturated heterocycles. The highest BCUT2D eigenvalue weighted by Crippen LogP contribution is 2.22. The summed E-state index contributed by atoms with van der Waals surface area (Å²) in [5, 5.41) is 8.65. The molecular formula is C11H11BrFN. The van der Waals surface area contributed by atoms with Gasteiger partial charge in [0.05, 0.1) is 0 Å². The first kappa shape index (κ1) is 11.2. The molecule has 0 heterocycles. The molecule has 1 aromatic carbocycles. The zero-order valence-corrected chi connectivity index (χ0v) is 9.73. The SMILES string of the molecule is CC(C)Cc1cc(F)c(C#N)c(Br)c1. The van der Waals surface area contributed by atoms with Gasteiger partial charge in [0.2, 0.25) is 0 Å². The normalized spacial score (nSPS) is 10.3. The molecule has 0 N–H and O–H groups in total. The summed E-state index contributed by atoms with van der Waals surface area (Å²) in [7, 11) is 0. The highest BCUT2D eigenvalue weighted by Gasteiger charge is 2.09. The Hall–Kier alpha value is -0.880. The first-order valence-electron chi connectivity index (χ1n) is 4.42. The Bertz CT molecular complexity index is 356. The smallest absolute Gasteiger partial charge is 0.142 e. The average Bonchev–Trinajstić information content (AvgIpc) is 2.01. The third-order valence-corrected chi connectivity index (χ3v) is 2.48. The average molecular weight is 256 g/mol. The van der Waals surface area contributed by atoms with Gasteiger partial charge in [0.1, 0.15) is 17.4 Å². The summed E-state index contributed by atoms with van der Waals surface area (Å²) in [6, 6.07) is 5.06. The van der Waals surface area contributed by atoms with E-state index in [0.29, 0.717) is 10.4 Å². The van der Waals surface area contributed by atoms with E-state index in [1.165, 1.54) is 6.07 Å². The van der Waals surface area contributed by atoms with E-state index in [4.69, 9.17) is 5.26 Å². The number of halogens is 2. The Kier molecular flexibility index (Phi) is 3.65. The molecule has 0 saturated carbocycles. The van der Waals surface area contributed by atoms with Crippen molar-refractivity contribution in [1.29, 1.82) is 5.26 Å². The maximum atomic E-state index is 13.3. The molecule has 0 aliphatic carbocycles. The minimum absolute atomic E-state index is 0.0810. The molecule has 14 heavy (non-hydrogen) atoms. The first-order chi connectivity index (χ1) is 6.54. The van der Waals surface area contributed by atoms with E-state index >= 15 is 0 Å². The summed E-state index contributed by atoms with van der Waals surface area (Å²) in [6.07, 6.45) is 0.821. The number of rotatable bonds is 2. The predicted octanol–water partition coefficient (Wildman–Crippen LogP) is 3.66. The van der Waals surface area contributed by atoms with Gasteiger partial charge in [-0.25, -0.2) is 4.39 Å². The number of nitrogens with zero attached hydrogens (tertiary/aromatic N) is 1. The molecule has 0 amide bonds. The Morgan fingerprint density at radius 2 is 2.14 bits per heavy atom. The van der Waals surface area contributed by atoms with E-state index in [0.717, 1.165) is 12.0 Å². The largest absolute Gasteiger partial charge is 0.205 e. The second kappa shape index (κ2) is 4.56. The van der Waals surface area contributed by atoms with Gasteiger partial charge in [-0.15, -0.1) is 0 Å². The van der Waals surface area contributed by atoms with Crippen molar-refractivity contribution in [2.24, 2.45) is 5.92 Å². The molecular weight excluding hydrogens is 245 g/mol. The summed E-state index contributed by atoms with van der Waals surface area (Å²) in [5.41, 5.74) is 1.00. The third-order valence-electron chi connectivity index (χ3n) is 1.86. The van der Waals surface area contributed by atoms with E-state index in [1.54, 1.807) is 0 Å². The predicted molar refractivity (Wildman–Crippen MR) is 57.4 cm³/mol. The van der Waals surface area contributed by atoms with Crippen LogP contribution in [0.5, 0.6) is 0 Å². The number of hydrogen-bond donors (Lipinski definition) is 0. The molecule has 0 spiro atoms. The van der Waals surface area contributed by atoms with Gasteiger partial charge in [-0.2, -0.15) is 5.26 Å². The van der Waals surface area contributed by atoms with Crippen molar-refractivity contribution < 1.29 is 4.39 Å². The van der Waals surface area contributed by atoms with E-state index in [1.807, 2.05) is 12.1 Å². The summed E-state index contributed by atoms with van der Waals surface area (Å²) >= 11 is 3.19. The zero-order chi connectivity index (χ0) is 10.7. The number of hydrogen-bond acceptors (Lipinski definition) is 1. The van der Waals surface area contributed by atoms with Crippen molar-refractivity contribution in [3.63, 3.8) is 0 Å². The van der Waals surface area contributed by atoms with Gasteiger partial charge in [-0.1, -0.05) is 13.8 Å². The molecule has 74 valence electrons. The van der Waals surface area contributed by atoms with Crippen LogP contribution in [0, 0.1) is 23.1 Å². The lowest BCUT2D eigenvalue weighted by atomic mass is 10.0. The van der Waals surface area contributed by atoms with Gasteiger partial charge in [-0.05, 0) is 46.0 Å². The van der Waals surface area contributed by atoms with Gasteiger partial charge in [0.15, 0.2) is 0 Å². The van der Waals surface area contributed by atoms with Crippen LogP contribution in [0.4, 0.5) is 4.39 Å². The van der Waals surface area contributed by atoms with Crippen LogP contribution in [0.15, 0.2) is 16.6 Å². The fraction of sp³-hybridized carbons (Fsp3) is 0.364. The lowest BCUT2D eigenvalue weighted by Crippen LogP contribution is -1.96. The topological polar surface area (TPSA) is 23.8 Å². The molecule has 0 aliphatic heterocycles. The summed E-state index contributed by atoms with van der Waals surface area (Å²) in [6.45, 7) is 4.15. The van der Waals surface area contributed by atoms with Gasteiger partial charge in [0.25, 0.3) is 0 Å². The molecule has 0 unspecified atom stereocenters. The van der Waals surface area contributed by atoms with Crippen LogP contribution in [0.3, 0.4) is 0 Å². The van der Waals surface area contributed by atoms with Crippen molar-refractivity contribution in [2.45, 2.75) is 20.3 Å². The monoisotopic (exact) mass is 255 g/mol. The second-order valence-corrected chi connectivity index (χ2v) is 4.50. The lowest BCUT2D eigenvalue weighted by Gasteiger charge is -2.06. The van der Waals surface area contributed by atoms with E-state index in [9.17, 15) is 4.39 Å². The van der Waals surface area contributed by atoms with Crippen molar-refractivity contribution in [1.82, 2.24) is 0 Å². The molecule has 0 bridgehead atoms. The molecule has 0 aromatic heterocycles. The molecule has 1 aromatic rings. The Balaban J connectivity index is 3.09. The van der Waals surface area contributed by atoms with Crippen LogP contribution in [-0.4, -0.2) is 0 Å². The maximum absolute atomic E-state index is 13.3. The summed E-state index contributed by atoms with van der Waals surface area (Å²) in [5.74, 6) is 0.0340. The number of nitriles is 1. The van der Waals surface area contributed by atoms with Crippen LogP contribution in [0.2, 0.25) is 0 Å². The standard InChI is InChI=1S/C11H11BrFN/c1-7(2)3-8-4-10(12)9(6-14)11(13)5-8/h4-5,7H,3H2,1-2H3. The Morgan fingerprint density at radius 1 is 1.50 bits per heavy atom. The van der Waals surface area contributed by atoms with Crippen LogP contribution >= 0.6 is 15.9 Å². The van der Waals surface area contributed by atoms with Crippen molar-refractivity contribution >= 4 is 15.9 Å². The van der Waals surface area contributed by atoms with Crippen molar-refractivity contribution in [3.05, 3.63) is 33.5 Å². The maximum Gasteiger partial charge on any atom is 0.142 e. The van der Waals surface area contributed by atoms with E-state index < -0.39 is 5.82 Å². The van der Waals surface area contributed by atoms with Gasteiger partial charge in [-0.3, -0.25) is 0 Å². The Labute approximate surface area is 91.7 Å². The van der Waals surface area contributed by atoms with E-state index in [2.05, 4.69) is 29.8 Å². The van der Waals surface area contributed by atoms with Crippen molar-refractivity contribution in [3.8, 4) is 6.07 Å². The molecule has 0 aliphatic rings. The zero-order valence-electron chi connectivity index (χ0n) is 8.14. The minimum atomic E-state index is -0.447. The summed E-state index contributed by atoms with van der Waals surface area (Å²) < 4.78 is 13.8. The van der Waals surface area contributed by atoms with Crippen molar-refractivity contribution in [2.75, 3.05) is 0 Å². The quantitative estimate of drug-likeness (QED) is 0.792. The van der Waals surface area contributed by atoms with Crippen LogP contribution < -0.4 is 0 Å². The Morgan fingerprint density at radius 3 is 2.57 bits per heavy atom. The van der Waals surface area contributed by atoms with Crippen LogP contribution in [0.1, 0.15) is 25.0 Å². The first-order valence-corrected chi connectivity index (χ1v) is 5.22. The molecule has 0 atom stereocenters. The van der Waals surface area contributed by atoms with Gasteiger partial charge < -0.3 is 0 Å². The van der Waals surface area contributed by atoms with E-state index in [-0.39, 0.29) is 5.56 Å². The fourth-order valence-electron chi connectivity index (χ4n) is 1.32. The molecule has 3 heteroatoms. The number of benzene rings is 1. The molecule has 0 fully saturated rings. The molecule has 1 nitrogen and oxygen atoms in total. The second-order valence-electron chi connectivity index (χ2n) is 3.64. The van der Waals surface area contributed by atoms with Crippen LogP contribution in [0.25, 0.3) is 0 Å². The third kappa shape index (κ3) is 2.55. The van der Waals surface area contributed by atoms with Crippen LogP contribution in [-0.2, 0) is 6.42 Å². The van der Waals surface area contributed by atoms with Gasteiger partial charge >= 0.3 is 0 Å². The molecule has 0 radical (unpaired) electrons. The highest BCUT2D eigenvalue weighted by molar-refractivity contribution is 9.10. The lowest BCUT2D eigenvalue weighted by molar-refractivity contribution is 0.609.